The summed E-state index contributed by atoms with van der Waals surface area (Å²) in [7, 11) is 0. The van der Waals surface area contributed by atoms with Crippen molar-refractivity contribution in [2.75, 3.05) is 13.2 Å². The molecule has 0 aliphatic rings. The van der Waals surface area contributed by atoms with E-state index in [0.29, 0.717) is 25.9 Å². The highest BCUT2D eigenvalue weighted by molar-refractivity contribution is 5.76. The molecule has 0 aromatic heterocycles. The van der Waals surface area contributed by atoms with Crippen LogP contribution in [-0.2, 0) is 14.3 Å². The van der Waals surface area contributed by atoms with Crippen LogP contribution in [0, 0.1) is 0 Å². The molecule has 0 aromatic rings. The minimum Gasteiger partial charge on any atom is -0.466 e. The van der Waals surface area contributed by atoms with Crippen molar-refractivity contribution >= 4 is 11.9 Å². The van der Waals surface area contributed by atoms with Crippen LogP contribution in [0.5, 0.6) is 0 Å². The summed E-state index contributed by atoms with van der Waals surface area (Å²) in [6, 6.07) is -0.536. The number of aliphatic hydroxyl groups excluding tert-OH is 2. The number of unbranched alkanes of at least 4 members (excludes halogenated alkanes) is 47. The summed E-state index contributed by atoms with van der Waals surface area (Å²) in [6.07, 6.45) is 78.0. The maximum atomic E-state index is 12.4. The molecule has 0 aliphatic heterocycles. The molecule has 0 saturated carbocycles. The van der Waals surface area contributed by atoms with Crippen LogP contribution in [0.3, 0.4) is 0 Å². The van der Waals surface area contributed by atoms with E-state index < -0.39 is 12.1 Å². The molecule has 6 heteroatoms. The second-order valence-electron chi connectivity index (χ2n) is 22.8. The van der Waals surface area contributed by atoms with E-state index in [2.05, 4.69) is 43.5 Å². The molecule has 3 N–H and O–H groups in total. The van der Waals surface area contributed by atoms with Crippen LogP contribution < -0.4 is 5.32 Å². The van der Waals surface area contributed by atoms with Gasteiger partial charge in [-0.05, 0) is 57.8 Å². The van der Waals surface area contributed by atoms with E-state index in [1.807, 2.05) is 0 Å². The molecule has 6 nitrogen and oxygen atoms in total. The summed E-state index contributed by atoms with van der Waals surface area (Å²) in [4.78, 5) is 24.5. The minimum atomic E-state index is -0.659. The van der Waals surface area contributed by atoms with Crippen LogP contribution in [0.25, 0.3) is 0 Å². The molecular weight excluding hydrogens is 899 g/mol. The number of nitrogens with one attached hydrogen (secondary N) is 1. The van der Waals surface area contributed by atoms with Gasteiger partial charge >= 0.3 is 5.97 Å². The second-order valence-corrected chi connectivity index (χ2v) is 22.8. The quantitative estimate of drug-likeness (QED) is 0.0320. The maximum absolute atomic E-state index is 12.4. The van der Waals surface area contributed by atoms with Gasteiger partial charge in [0.15, 0.2) is 0 Å². The molecule has 432 valence electrons. The predicted molar refractivity (Wildman–Crippen MR) is 320 cm³/mol. The lowest BCUT2D eigenvalue weighted by molar-refractivity contribution is -0.143. The molecular formula is C67H129NO5. The Kier molecular flexibility index (Phi) is 61.4. The zero-order valence-corrected chi connectivity index (χ0v) is 49.4. The third-order valence-electron chi connectivity index (χ3n) is 15.5. The topological polar surface area (TPSA) is 95.9 Å². The third-order valence-corrected chi connectivity index (χ3v) is 15.5. The van der Waals surface area contributed by atoms with Gasteiger partial charge in [-0.15, -0.1) is 0 Å². The number of esters is 1. The van der Waals surface area contributed by atoms with Gasteiger partial charge in [0.25, 0.3) is 0 Å². The predicted octanol–water partition coefficient (Wildman–Crippen LogP) is 21.0. The highest BCUT2D eigenvalue weighted by Crippen LogP contribution is 2.18. The van der Waals surface area contributed by atoms with E-state index in [0.717, 1.165) is 51.4 Å². The van der Waals surface area contributed by atoms with Crippen molar-refractivity contribution in [3.05, 3.63) is 24.3 Å². The molecule has 0 radical (unpaired) electrons. The first-order chi connectivity index (χ1) is 36.0. The van der Waals surface area contributed by atoms with Crippen LogP contribution in [0.4, 0.5) is 0 Å². The standard InChI is InChI=1S/C67H129NO5/c1-3-5-7-9-11-13-14-15-16-17-32-35-38-41-45-49-53-57-61-67(72)73-62-58-54-50-46-42-39-36-33-30-28-26-24-22-20-18-19-21-23-25-27-29-31-34-37-40-44-48-52-56-60-66(71)68-64(63-69)65(70)59-55-51-47-43-12-10-8-6-4-2/h13-14,16-17,64-65,69-70H,3-12,15,18-63H2,1-2H3,(H,68,71)/b14-13-,17-16-. The number of aliphatic hydroxyl groups is 2. The van der Waals surface area contributed by atoms with E-state index in [1.165, 1.54) is 283 Å². The molecule has 0 bridgehead atoms. The van der Waals surface area contributed by atoms with Gasteiger partial charge in [0.1, 0.15) is 0 Å². The molecule has 0 fully saturated rings. The first-order valence-electron chi connectivity index (χ1n) is 33.1. The Morgan fingerprint density at radius 3 is 1.05 bits per heavy atom. The summed E-state index contributed by atoms with van der Waals surface area (Å²) in [5.41, 5.74) is 0. The lowest BCUT2D eigenvalue weighted by Gasteiger charge is -2.22. The Bertz CT molecular complexity index is 1140. The number of allylic oxidation sites excluding steroid dienone is 4. The number of hydrogen-bond donors (Lipinski definition) is 3. The fraction of sp³-hybridized carbons (Fsp3) is 0.910. The third kappa shape index (κ3) is 59.4. The molecule has 0 heterocycles. The molecule has 0 spiro atoms. The molecule has 73 heavy (non-hydrogen) atoms. The summed E-state index contributed by atoms with van der Waals surface area (Å²) in [5, 5.41) is 23.1. The largest absolute Gasteiger partial charge is 0.466 e. The number of ether oxygens (including phenoxy) is 1. The molecule has 0 rings (SSSR count). The van der Waals surface area contributed by atoms with Crippen LogP contribution in [0.1, 0.15) is 367 Å². The average molecular weight is 1030 g/mol. The Labute approximate surface area is 456 Å². The first kappa shape index (κ1) is 71.3. The van der Waals surface area contributed by atoms with E-state index in [1.54, 1.807) is 0 Å². The number of amides is 1. The van der Waals surface area contributed by atoms with Crippen molar-refractivity contribution in [2.24, 2.45) is 0 Å². The Morgan fingerprint density at radius 1 is 0.384 bits per heavy atom. The van der Waals surface area contributed by atoms with Crippen molar-refractivity contribution in [3.63, 3.8) is 0 Å². The Balaban J connectivity index is 3.30. The van der Waals surface area contributed by atoms with E-state index in [9.17, 15) is 19.8 Å². The number of rotatable bonds is 62. The highest BCUT2D eigenvalue weighted by atomic mass is 16.5. The molecule has 0 aliphatic carbocycles. The zero-order valence-electron chi connectivity index (χ0n) is 49.4. The van der Waals surface area contributed by atoms with E-state index in [-0.39, 0.29) is 18.5 Å². The highest BCUT2D eigenvalue weighted by Gasteiger charge is 2.20. The monoisotopic (exact) mass is 1030 g/mol. The fourth-order valence-electron chi connectivity index (χ4n) is 10.4. The van der Waals surface area contributed by atoms with E-state index in [4.69, 9.17) is 4.74 Å². The number of carbonyl (C=O) groups is 2. The van der Waals surface area contributed by atoms with Crippen molar-refractivity contribution in [1.29, 1.82) is 0 Å². The van der Waals surface area contributed by atoms with Crippen molar-refractivity contribution < 1.29 is 24.5 Å². The van der Waals surface area contributed by atoms with Gasteiger partial charge in [-0.3, -0.25) is 9.59 Å². The second kappa shape index (κ2) is 62.9. The lowest BCUT2D eigenvalue weighted by atomic mass is 10.0. The van der Waals surface area contributed by atoms with Gasteiger partial charge in [0.2, 0.25) is 5.91 Å². The number of hydrogen-bond acceptors (Lipinski definition) is 5. The van der Waals surface area contributed by atoms with Crippen molar-refractivity contribution in [3.8, 4) is 0 Å². The maximum Gasteiger partial charge on any atom is 0.305 e. The van der Waals surface area contributed by atoms with Gasteiger partial charge < -0.3 is 20.3 Å². The van der Waals surface area contributed by atoms with Gasteiger partial charge in [0.05, 0.1) is 25.4 Å². The lowest BCUT2D eigenvalue weighted by Crippen LogP contribution is -2.45. The minimum absolute atomic E-state index is 0.0125. The Hall–Kier alpha value is -1.66. The number of carbonyl (C=O) groups excluding carboxylic acids is 2. The summed E-state index contributed by atoms with van der Waals surface area (Å²) >= 11 is 0. The van der Waals surface area contributed by atoms with Crippen LogP contribution in [0.15, 0.2) is 24.3 Å². The van der Waals surface area contributed by atoms with Crippen LogP contribution >= 0.6 is 0 Å². The van der Waals surface area contributed by atoms with Crippen LogP contribution in [-0.4, -0.2) is 47.4 Å². The molecule has 2 atom stereocenters. The van der Waals surface area contributed by atoms with Gasteiger partial charge in [-0.2, -0.15) is 0 Å². The normalized spacial score (nSPS) is 12.7. The van der Waals surface area contributed by atoms with Gasteiger partial charge in [-0.1, -0.05) is 321 Å². The summed E-state index contributed by atoms with van der Waals surface area (Å²) in [6.45, 7) is 4.94. The fourth-order valence-corrected chi connectivity index (χ4v) is 10.4. The van der Waals surface area contributed by atoms with Gasteiger partial charge in [-0.25, -0.2) is 0 Å². The van der Waals surface area contributed by atoms with Crippen molar-refractivity contribution in [2.45, 2.75) is 379 Å². The molecule has 0 saturated heterocycles. The molecule has 0 aromatic carbocycles. The van der Waals surface area contributed by atoms with E-state index >= 15 is 0 Å². The summed E-state index contributed by atoms with van der Waals surface area (Å²) in [5.74, 6) is -0.0200. The SMILES string of the molecule is CCCCCC/C=C\C/C=C\CCCCCCCCCC(=O)OCCCCCCCCCCCCCCCCCCCCCCCCCCCCCCCC(=O)NC(CO)C(O)CCCCCCCCCCC. The van der Waals surface area contributed by atoms with Crippen molar-refractivity contribution in [1.82, 2.24) is 5.32 Å². The average Bonchev–Trinajstić information content (AvgIpc) is 3.39. The first-order valence-corrected chi connectivity index (χ1v) is 33.1. The molecule has 1 amide bonds. The summed E-state index contributed by atoms with van der Waals surface area (Å²) < 4.78 is 5.50. The van der Waals surface area contributed by atoms with Gasteiger partial charge in [0, 0.05) is 12.8 Å². The smallest absolute Gasteiger partial charge is 0.305 e. The zero-order chi connectivity index (χ0) is 52.9. The molecule has 2 unspecified atom stereocenters. The Morgan fingerprint density at radius 2 is 0.685 bits per heavy atom. The van der Waals surface area contributed by atoms with Crippen LogP contribution in [0.2, 0.25) is 0 Å².